The highest BCUT2D eigenvalue weighted by atomic mass is 31.2. The third kappa shape index (κ3) is 42.5. The lowest BCUT2D eigenvalue weighted by Gasteiger charge is -2.24. The van der Waals surface area contributed by atoms with Crippen LogP contribution < -0.4 is 0 Å². The Morgan fingerprint density at radius 1 is 0.534 bits per heavy atom. The van der Waals surface area contributed by atoms with Crippen LogP contribution in [0.15, 0.2) is 97.2 Å². The minimum atomic E-state index is -4.39. The fourth-order valence-corrected chi connectivity index (χ4v) is 5.97. The summed E-state index contributed by atoms with van der Waals surface area (Å²) in [5.74, 6) is -0.868. The predicted octanol–water partition coefficient (Wildman–Crippen LogP) is 12.6. The number of phosphoric acid groups is 1. The highest BCUT2D eigenvalue weighted by Crippen LogP contribution is 2.43. The van der Waals surface area contributed by atoms with Crippen LogP contribution in [0.5, 0.6) is 0 Å². The van der Waals surface area contributed by atoms with E-state index in [1.807, 2.05) is 21.1 Å². The number of esters is 2. The number of phosphoric ester groups is 1. The zero-order valence-electron chi connectivity index (χ0n) is 37.0. The van der Waals surface area contributed by atoms with Gasteiger partial charge in [0.15, 0.2) is 6.10 Å². The smallest absolute Gasteiger partial charge is 0.462 e. The Hall–Kier alpha value is -3.07. The van der Waals surface area contributed by atoms with Crippen LogP contribution in [0.2, 0.25) is 0 Å². The van der Waals surface area contributed by atoms with Crippen LogP contribution in [0, 0.1) is 0 Å². The number of ether oxygens (including phenoxy) is 2. The van der Waals surface area contributed by atoms with Crippen LogP contribution in [0.3, 0.4) is 0 Å². The first-order valence-electron chi connectivity index (χ1n) is 22.0. The summed E-state index contributed by atoms with van der Waals surface area (Å²) in [6, 6.07) is 0. The summed E-state index contributed by atoms with van der Waals surface area (Å²) in [7, 11) is 1.42. The Kier molecular flexibility index (Phi) is 37.3. The number of hydrogen-bond acceptors (Lipinski definition) is 7. The molecule has 10 heteroatoms. The molecule has 0 amide bonds. The van der Waals surface area contributed by atoms with Crippen molar-refractivity contribution in [1.29, 1.82) is 0 Å². The summed E-state index contributed by atoms with van der Waals surface area (Å²) in [6.07, 6.45) is 51.7. The molecule has 2 atom stereocenters. The van der Waals surface area contributed by atoms with Crippen molar-refractivity contribution >= 4 is 19.8 Å². The lowest BCUT2D eigenvalue weighted by molar-refractivity contribution is -0.870. The van der Waals surface area contributed by atoms with Crippen molar-refractivity contribution in [3.05, 3.63) is 97.2 Å². The number of rotatable bonds is 38. The second-order valence-electron chi connectivity index (χ2n) is 15.3. The molecule has 0 fully saturated rings. The van der Waals surface area contributed by atoms with Crippen molar-refractivity contribution in [2.75, 3.05) is 47.5 Å². The molecule has 9 nitrogen and oxygen atoms in total. The molecule has 0 aromatic heterocycles. The summed E-state index contributed by atoms with van der Waals surface area (Å²) < 4.78 is 34.2. The summed E-state index contributed by atoms with van der Waals surface area (Å²) in [6.45, 7) is 4.11. The molecule has 330 valence electrons. The summed E-state index contributed by atoms with van der Waals surface area (Å²) in [4.78, 5) is 35.4. The quantitative estimate of drug-likeness (QED) is 0.0215. The number of likely N-dealkylation sites (N-methyl/N-ethyl adjacent to an activating group) is 1. The average molecular weight is 831 g/mol. The molecule has 0 aliphatic rings. The molecule has 58 heavy (non-hydrogen) atoms. The Morgan fingerprint density at radius 3 is 1.40 bits per heavy atom. The normalized spacial score (nSPS) is 14.5. The molecule has 0 spiro atoms. The third-order valence-electron chi connectivity index (χ3n) is 8.61. The van der Waals surface area contributed by atoms with Gasteiger partial charge in [0.05, 0.1) is 27.7 Å². The topological polar surface area (TPSA) is 108 Å². The van der Waals surface area contributed by atoms with Gasteiger partial charge in [0.1, 0.15) is 19.8 Å². The van der Waals surface area contributed by atoms with E-state index in [-0.39, 0.29) is 26.1 Å². The highest BCUT2D eigenvalue weighted by molar-refractivity contribution is 7.47. The Balaban J connectivity index is 4.47. The molecule has 1 unspecified atom stereocenters. The van der Waals surface area contributed by atoms with E-state index < -0.39 is 32.5 Å². The number of hydrogen-bond donors (Lipinski definition) is 1. The zero-order chi connectivity index (χ0) is 42.8. The number of carbonyl (C=O) groups is 2. The van der Waals surface area contributed by atoms with Crippen molar-refractivity contribution in [2.45, 2.75) is 148 Å². The maximum Gasteiger partial charge on any atom is 0.472 e. The third-order valence-corrected chi connectivity index (χ3v) is 9.59. The predicted molar refractivity (Wildman–Crippen MR) is 242 cm³/mol. The van der Waals surface area contributed by atoms with E-state index in [1.54, 1.807) is 0 Å². The SMILES string of the molecule is CC/C=C\C/C=C\C/C=C\C/C=C\C/C=C\CCCCCC(=O)OC[C@H](COP(=O)(O)OCC[N+](C)(C)C)OC(=O)CCCCCCC/C=C\C/C=C\C/C=C\CC. The first-order chi connectivity index (χ1) is 28.0. The fraction of sp³-hybridized carbons (Fsp3) is 0.625. The van der Waals surface area contributed by atoms with Gasteiger partial charge in [-0.05, 0) is 89.9 Å². The molecule has 0 radical (unpaired) electrons. The standard InChI is InChI=1S/C48H80NO8P/c1-6-8-10-12-14-16-18-20-22-23-24-25-27-28-30-32-34-36-38-40-47(50)54-44-46(45-56-58(52,53)55-43-42-49(3,4)5)57-48(51)41-39-37-35-33-31-29-26-21-19-17-15-13-11-9-7-2/h8-11,14-17,20-22,24-26,28,30,46H,6-7,12-13,18-19,23,27,29,31-45H2,1-5H3/p+1/b10-8-,11-9-,16-14-,17-15-,22-20-,25-24-,26-21-,30-28-/t46-/m1/s1. The molecular weight excluding hydrogens is 750 g/mol. The number of unbranched alkanes of at least 4 members (excludes halogenated alkanes) is 8. The lowest BCUT2D eigenvalue weighted by Crippen LogP contribution is -2.37. The van der Waals surface area contributed by atoms with Crippen LogP contribution >= 0.6 is 7.82 Å². The molecule has 0 saturated carbocycles. The van der Waals surface area contributed by atoms with Gasteiger partial charge in [-0.3, -0.25) is 18.6 Å². The summed E-state index contributed by atoms with van der Waals surface area (Å²) in [5, 5.41) is 0. The van der Waals surface area contributed by atoms with E-state index >= 15 is 0 Å². The largest absolute Gasteiger partial charge is 0.472 e. The average Bonchev–Trinajstić information content (AvgIpc) is 3.17. The molecule has 0 aliphatic heterocycles. The molecule has 0 saturated heterocycles. The second-order valence-corrected chi connectivity index (χ2v) is 16.8. The van der Waals surface area contributed by atoms with E-state index in [0.29, 0.717) is 23.9 Å². The Labute approximate surface area is 353 Å². The minimum Gasteiger partial charge on any atom is -0.462 e. The summed E-state index contributed by atoms with van der Waals surface area (Å²) in [5.41, 5.74) is 0. The molecule has 0 aliphatic carbocycles. The van der Waals surface area contributed by atoms with Crippen LogP contribution in [-0.2, 0) is 32.7 Å². The molecule has 0 aromatic carbocycles. The Bertz CT molecular complexity index is 1300. The van der Waals surface area contributed by atoms with Crippen LogP contribution in [0.4, 0.5) is 0 Å². The van der Waals surface area contributed by atoms with Crippen LogP contribution in [0.1, 0.15) is 142 Å². The molecule has 0 bridgehead atoms. The first kappa shape index (κ1) is 54.9. The van der Waals surface area contributed by atoms with Crippen LogP contribution in [-0.4, -0.2) is 74.9 Å². The van der Waals surface area contributed by atoms with Crippen molar-refractivity contribution in [3.63, 3.8) is 0 Å². The van der Waals surface area contributed by atoms with Gasteiger partial charge in [0, 0.05) is 12.8 Å². The van der Waals surface area contributed by atoms with Crippen molar-refractivity contribution < 1.29 is 42.1 Å². The van der Waals surface area contributed by atoms with Gasteiger partial charge in [-0.25, -0.2) is 4.57 Å². The molecule has 0 heterocycles. The van der Waals surface area contributed by atoms with Crippen molar-refractivity contribution in [2.24, 2.45) is 0 Å². The maximum atomic E-state index is 12.7. The van der Waals surface area contributed by atoms with E-state index in [0.717, 1.165) is 103 Å². The number of nitrogens with zero attached hydrogens (tertiary/aromatic N) is 1. The van der Waals surface area contributed by atoms with Crippen molar-refractivity contribution in [3.8, 4) is 0 Å². The summed E-state index contributed by atoms with van der Waals surface area (Å²) >= 11 is 0. The van der Waals surface area contributed by atoms with Gasteiger partial charge in [-0.2, -0.15) is 0 Å². The van der Waals surface area contributed by atoms with Gasteiger partial charge in [0.25, 0.3) is 0 Å². The molecule has 0 aromatic rings. The van der Waals surface area contributed by atoms with Gasteiger partial charge in [0.2, 0.25) is 0 Å². The molecule has 1 N–H and O–H groups in total. The maximum absolute atomic E-state index is 12.7. The first-order valence-corrected chi connectivity index (χ1v) is 23.5. The van der Waals surface area contributed by atoms with E-state index in [1.165, 1.54) is 0 Å². The van der Waals surface area contributed by atoms with Gasteiger partial charge >= 0.3 is 19.8 Å². The fourth-order valence-electron chi connectivity index (χ4n) is 5.23. The van der Waals surface area contributed by atoms with E-state index in [2.05, 4.69) is 111 Å². The number of carbonyl (C=O) groups excluding carboxylic acids is 2. The van der Waals surface area contributed by atoms with E-state index in [4.69, 9.17) is 18.5 Å². The Morgan fingerprint density at radius 2 is 0.931 bits per heavy atom. The minimum absolute atomic E-state index is 0.0165. The highest BCUT2D eigenvalue weighted by Gasteiger charge is 2.27. The monoisotopic (exact) mass is 831 g/mol. The molecular formula is C48H81NO8P+. The lowest BCUT2D eigenvalue weighted by atomic mass is 10.1. The second kappa shape index (κ2) is 39.4. The van der Waals surface area contributed by atoms with Gasteiger partial charge in [-0.1, -0.05) is 137 Å². The van der Waals surface area contributed by atoms with Crippen LogP contribution in [0.25, 0.3) is 0 Å². The van der Waals surface area contributed by atoms with Gasteiger partial charge in [-0.15, -0.1) is 0 Å². The number of quaternary nitrogens is 1. The molecule has 0 rings (SSSR count). The number of allylic oxidation sites excluding steroid dienone is 16. The van der Waals surface area contributed by atoms with Crippen molar-refractivity contribution in [1.82, 2.24) is 0 Å². The zero-order valence-corrected chi connectivity index (χ0v) is 37.9. The van der Waals surface area contributed by atoms with E-state index in [9.17, 15) is 19.0 Å². The van der Waals surface area contributed by atoms with Gasteiger partial charge < -0.3 is 18.9 Å².